The first-order chi connectivity index (χ1) is 11.8. The van der Waals surface area contributed by atoms with Crippen LogP contribution in [0.1, 0.15) is 28.4 Å². The van der Waals surface area contributed by atoms with Gasteiger partial charge < -0.3 is 14.4 Å². The maximum atomic E-state index is 11.8. The van der Waals surface area contributed by atoms with Gasteiger partial charge in [-0.1, -0.05) is 15.9 Å². The van der Waals surface area contributed by atoms with Crippen molar-refractivity contribution in [1.82, 2.24) is 0 Å². The standard InChI is InChI=1S/C17H18BrNO5S/c1-4-24-17(21)12-5-6-14(11(3)7-12)19(25(22)23)15-9-13(18)10(2)8-16(15)20/h5-9,20H,4H2,1-3H3,(H,22,23)/p-1. The van der Waals surface area contributed by atoms with Crippen molar-refractivity contribution < 1.29 is 23.4 Å². The van der Waals surface area contributed by atoms with E-state index < -0.39 is 17.2 Å². The van der Waals surface area contributed by atoms with Crippen LogP contribution in [-0.4, -0.2) is 26.4 Å². The minimum atomic E-state index is -2.68. The van der Waals surface area contributed by atoms with Gasteiger partial charge in [0.05, 0.1) is 34.8 Å². The van der Waals surface area contributed by atoms with Crippen molar-refractivity contribution >= 4 is 44.5 Å². The number of phenols is 1. The molecule has 134 valence electrons. The third-order valence-electron chi connectivity index (χ3n) is 3.55. The molecule has 6 nitrogen and oxygen atoms in total. The van der Waals surface area contributed by atoms with Gasteiger partial charge in [0.2, 0.25) is 0 Å². The largest absolute Gasteiger partial charge is 0.755 e. The Kier molecular flexibility index (Phi) is 6.21. The number of benzene rings is 2. The number of ether oxygens (including phenoxy) is 1. The fourth-order valence-electron chi connectivity index (χ4n) is 2.33. The summed E-state index contributed by atoms with van der Waals surface area (Å²) in [6, 6.07) is 7.54. The van der Waals surface area contributed by atoms with E-state index in [1.165, 1.54) is 24.3 Å². The van der Waals surface area contributed by atoms with Crippen LogP contribution in [0.2, 0.25) is 0 Å². The summed E-state index contributed by atoms with van der Waals surface area (Å²) in [4.78, 5) is 11.8. The Morgan fingerprint density at radius 1 is 1.24 bits per heavy atom. The van der Waals surface area contributed by atoms with Crippen LogP contribution in [0.25, 0.3) is 0 Å². The maximum Gasteiger partial charge on any atom is 0.338 e. The lowest BCUT2D eigenvalue weighted by Gasteiger charge is -2.29. The highest BCUT2D eigenvalue weighted by Gasteiger charge is 2.19. The van der Waals surface area contributed by atoms with E-state index in [0.29, 0.717) is 21.3 Å². The molecular weight excluding hydrogens is 410 g/mol. The van der Waals surface area contributed by atoms with Crippen molar-refractivity contribution in [2.45, 2.75) is 20.8 Å². The van der Waals surface area contributed by atoms with Gasteiger partial charge in [0, 0.05) is 4.47 Å². The Labute approximate surface area is 157 Å². The zero-order chi connectivity index (χ0) is 18.7. The van der Waals surface area contributed by atoms with Crippen LogP contribution in [-0.2, 0) is 16.0 Å². The summed E-state index contributed by atoms with van der Waals surface area (Å²) in [5.41, 5.74) is 2.08. The Balaban J connectivity index is 2.54. The number of hydrogen-bond acceptors (Lipinski definition) is 5. The molecule has 0 aromatic heterocycles. The van der Waals surface area contributed by atoms with Crippen molar-refractivity contribution in [3.05, 3.63) is 51.5 Å². The Hall–Kier alpha value is -1.90. The van der Waals surface area contributed by atoms with Gasteiger partial charge >= 0.3 is 5.97 Å². The van der Waals surface area contributed by atoms with Gasteiger partial charge in [-0.15, -0.1) is 0 Å². The zero-order valence-electron chi connectivity index (χ0n) is 13.9. The smallest absolute Gasteiger partial charge is 0.338 e. The summed E-state index contributed by atoms with van der Waals surface area (Å²) < 4.78 is 30.2. The number of aryl methyl sites for hydroxylation is 2. The highest BCUT2D eigenvalue weighted by Crippen LogP contribution is 2.39. The lowest BCUT2D eigenvalue weighted by molar-refractivity contribution is 0.0526. The first kappa shape index (κ1) is 19.4. The lowest BCUT2D eigenvalue weighted by Crippen LogP contribution is -2.21. The number of esters is 1. The molecule has 0 amide bonds. The van der Waals surface area contributed by atoms with Gasteiger partial charge in [0.25, 0.3) is 0 Å². The molecule has 0 saturated carbocycles. The second kappa shape index (κ2) is 7.99. The number of aromatic hydroxyl groups is 1. The highest BCUT2D eigenvalue weighted by atomic mass is 79.9. The van der Waals surface area contributed by atoms with E-state index in [1.54, 1.807) is 26.8 Å². The van der Waals surface area contributed by atoms with E-state index in [9.17, 15) is 18.7 Å². The van der Waals surface area contributed by atoms with Crippen molar-refractivity contribution in [2.75, 3.05) is 10.9 Å². The van der Waals surface area contributed by atoms with Gasteiger partial charge in [-0.25, -0.2) is 4.79 Å². The summed E-state index contributed by atoms with van der Waals surface area (Å²) in [5, 5.41) is 10.2. The molecule has 0 aliphatic rings. The van der Waals surface area contributed by atoms with Gasteiger partial charge in [0.1, 0.15) is 5.75 Å². The lowest BCUT2D eigenvalue weighted by atomic mass is 10.1. The molecule has 2 rings (SSSR count). The van der Waals surface area contributed by atoms with Crippen LogP contribution in [0.3, 0.4) is 0 Å². The molecule has 0 fully saturated rings. The molecule has 1 unspecified atom stereocenters. The minimum absolute atomic E-state index is 0.109. The van der Waals surface area contributed by atoms with Crippen LogP contribution in [0.4, 0.5) is 11.4 Å². The number of halogens is 1. The van der Waals surface area contributed by atoms with Crippen molar-refractivity contribution in [3.63, 3.8) is 0 Å². The molecule has 25 heavy (non-hydrogen) atoms. The zero-order valence-corrected chi connectivity index (χ0v) is 16.3. The van der Waals surface area contributed by atoms with Gasteiger partial charge in [-0.3, -0.25) is 8.51 Å². The van der Waals surface area contributed by atoms with Gasteiger partial charge in [0.15, 0.2) is 0 Å². The number of phenolic OH excluding ortho intramolecular Hbond substituents is 1. The Bertz CT molecular complexity index is 840. The monoisotopic (exact) mass is 426 g/mol. The summed E-state index contributed by atoms with van der Waals surface area (Å²) in [7, 11) is 0. The molecule has 8 heteroatoms. The number of hydrogen-bond donors (Lipinski definition) is 1. The molecule has 0 saturated heterocycles. The van der Waals surface area contributed by atoms with E-state index >= 15 is 0 Å². The third kappa shape index (κ3) is 4.20. The van der Waals surface area contributed by atoms with Crippen LogP contribution in [0, 0.1) is 13.8 Å². The fourth-order valence-corrected chi connectivity index (χ4v) is 3.34. The highest BCUT2D eigenvalue weighted by molar-refractivity contribution is 9.10. The van der Waals surface area contributed by atoms with E-state index in [0.717, 1.165) is 9.87 Å². The topological polar surface area (TPSA) is 89.9 Å². The average Bonchev–Trinajstić information content (AvgIpc) is 2.53. The number of anilines is 2. The summed E-state index contributed by atoms with van der Waals surface area (Å²) in [6.07, 6.45) is 0. The molecule has 2 aromatic rings. The predicted octanol–water partition coefficient (Wildman–Crippen LogP) is 3.88. The van der Waals surface area contributed by atoms with Crippen LogP contribution in [0.5, 0.6) is 5.75 Å². The third-order valence-corrected chi connectivity index (χ3v) is 5.10. The summed E-state index contributed by atoms with van der Waals surface area (Å²) >= 11 is 0.662. The molecule has 0 bridgehead atoms. The van der Waals surface area contributed by atoms with Crippen molar-refractivity contribution in [2.24, 2.45) is 0 Å². The molecule has 0 radical (unpaired) electrons. The number of carbonyl (C=O) groups is 1. The minimum Gasteiger partial charge on any atom is -0.755 e. The molecular formula is C17H17BrNO5S-. The van der Waals surface area contributed by atoms with E-state index in [1.807, 2.05) is 0 Å². The second-order valence-electron chi connectivity index (χ2n) is 5.32. The predicted molar refractivity (Wildman–Crippen MR) is 98.7 cm³/mol. The molecule has 0 spiro atoms. The second-order valence-corrected chi connectivity index (χ2v) is 6.98. The maximum absolute atomic E-state index is 11.8. The van der Waals surface area contributed by atoms with Crippen LogP contribution < -0.4 is 4.31 Å². The van der Waals surface area contributed by atoms with Crippen LogP contribution >= 0.6 is 15.9 Å². The molecule has 0 aliphatic heterocycles. The van der Waals surface area contributed by atoms with E-state index in [-0.39, 0.29) is 18.0 Å². The number of nitrogens with zero attached hydrogens (tertiary/aromatic N) is 1. The molecule has 1 N–H and O–H groups in total. The Morgan fingerprint density at radius 3 is 2.48 bits per heavy atom. The summed E-state index contributed by atoms with van der Waals surface area (Å²) in [6.45, 7) is 5.42. The van der Waals surface area contributed by atoms with E-state index in [4.69, 9.17) is 4.74 Å². The van der Waals surface area contributed by atoms with Gasteiger partial charge in [-0.05, 0) is 62.2 Å². The molecule has 0 aliphatic carbocycles. The van der Waals surface area contributed by atoms with E-state index in [2.05, 4.69) is 15.9 Å². The summed E-state index contributed by atoms with van der Waals surface area (Å²) in [5.74, 6) is -0.647. The van der Waals surface area contributed by atoms with Crippen LogP contribution in [0.15, 0.2) is 34.8 Å². The first-order valence-corrected chi connectivity index (χ1v) is 9.25. The molecule has 2 aromatic carbocycles. The fraction of sp³-hybridized carbons (Fsp3) is 0.235. The first-order valence-electron chi connectivity index (χ1n) is 7.42. The quantitative estimate of drug-likeness (QED) is 0.578. The van der Waals surface area contributed by atoms with Crippen molar-refractivity contribution in [3.8, 4) is 5.75 Å². The molecule has 0 heterocycles. The van der Waals surface area contributed by atoms with Gasteiger partial charge in [-0.2, -0.15) is 0 Å². The number of rotatable bonds is 5. The molecule has 1 atom stereocenters. The number of carbonyl (C=O) groups excluding carboxylic acids is 1. The normalized spacial score (nSPS) is 11.9. The average molecular weight is 427 g/mol. The SMILES string of the molecule is CCOC(=O)c1ccc(N(c2cc(Br)c(C)cc2O)S(=O)[O-])c(C)c1. The Morgan fingerprint density at radius 2 is 1.92 bits per heavy atom. The van der Waals surface area contributed by atoms with Crippen molar-refractivity contribution in [1.29, 1.82) is 0 Å².